The predicted molar refractivity (Wildman–Crippen MR) is 114 cm³/mol. The predicted octanol–water partition coefficient (Wildman–Crippen LogP) is 3.75. The summed E-state index contributed by atoms with van der Waals surface area (Å²) in [6.45, 7) is 11.6. The van der Waals surface area contributed by atoms with Gasteiger partial charge in [-0.15, -0.1) is 0 Å². The van der Waals surface area contributed by atoms with Crippen LogP contribution in [-0.2, 0) is 11.2 Å². The Bertz CT molecular complexity index is 1100. The number of rotatable bonds is 5. The molecular weight excluding hydrogens is 368 g/mol. The number of carbonyl (C=O) groups is 1. The van der Waals surface area contributed by atoms with E-state index in [4.69, 9.17) is 4.74 Å². The van der Waals surface area contributed by atoms with Gasteiger partial charge in [0.05, 0.1) is 11.2 Å². The van der Waals surface area contributed by atoms with Crippen LogP contribution in [0.5, 0.6) is 0 Å². The van der Waals surface area contributed by atoms with Crippen LogP contribution >= 0.6 is 0 Å². The number of carbonyl (C=O) groups excluding carboxylic acids is 1. The minimum atomic E-state index is -0.518. The van der Waals surface area contributed by atoms with Crippen molar-refractivity contribution < 1.29 is 9.53 Å². The first-order chi connectivity index (χ1) is 13.7. The van der Waals surface area contributed by atoms with Gasteiger partial charge in [-0.2, -0.15) is 0 Å². The van der Waals surface area contributed by atoms with Gasteiger partial charge < -0.3 is 10.1 Å². The highest BCUT2D eigenvalue weighted by Crippen LogP contribution is 2.18. The van der Waals surface area contributed by atoms with E-state index in [1.807, 2.05) is 51.1 Å². The van der Waals surface area contributed by atoms with Crippen LogP contribution < -0.4 is 11.0 Å². The minimum absolute atomic E-state index is 0.203. The van der Waals surface area contributed by atoms with Gasteiger partial charge in [0.25, 0.3) is 0 Å². The molecule has 29 heavy (non-hydrogen) atoms. The van der Waals surface area contributed by atoms with Gasteiger partial charge in [0.1, 0.15) is 5.60 Å². The molecular formula is C22H26N4O3. The Morgan fingerprint density at radius 2 is 1.90 bits per heavy atom. The molecule has 1 N–H and O–H groups in total. The van der Waals surface area contributed by atoms with E-state index < -0.39 is 11.7 Å². The quantitative estimate of drug-likeness (QED) is 0.715. The van der Waals surface area contributed by atoms with Crippen molar-refractivity contribution in [3.8, 4) is 5.69 Å². The number of imidazole rings is 1. The average molecular weight is 394 g/mol. The summed E-state index contributed by atoms with van der Waals surface area (Å²) in [5, 5.41) is 2.74. The van der Waals surface area contributed by atoms with Gasteiger partial charge in [0.2, 0.25) is 0 Å². The smallest absolute Gasteiger partial charge is 0.407 e. The van der Waals surface area contributed by atoms with Crippen LogP contribution in [0.2, 0.25) is 0 Å². The number of amides is 1. The van der Waals surface area contributed by atoms with Crippen molar-refractivity contribution in [2.45, 2.75) is 39.7 Å². The molecule has 0 aliphatic heterocycles. The Kier molecular flexibility index (Phi) is 5.59. The Balaban J connectivity index is 1.78. The number of alkyl carbamates (subject to hydrolysis) is 1. The summed E-state index contributed by atoms with van der Waals surface area (Å²) in [5.41, 5.74) is 2.98. The van der Waals surface area contributed by atoms with Crippen molar-refractivity contribution in [3.05, 3.63) is 65.2 Å². The zero-order chi connectivity index (χ0) is 21.2. The van der Waals surface area contributed by atoms with Gasteiger partial charge in [-0.25, -0.2) is 19.1 Å². The third kappa shape index (κ3) is 4.56. The number of hydrogen-bond donors (Lipinski definition) is 1. The van der Waals surface area contributed by atoms with Crippen LogP contribution in [0, 0.1) is 0 Å². The number of hydrogen-bond acceptors (Lipinski definition) is 4. The lowest BCUT2D eigenvalue weighted by atomic mass is 10.1. The third-order valence-electron chi connectivity index (χ3n) is 4.26. The number of benzene rings is 1. The van der Waals surface area contributed by atoms with E-state index in [-0.39, 0.29) is 5.69 Å². The normalized spacial score (nSPS) is 11.4. The van der Waals surface area contributed by atoms with E-state index in [2.05, 4.69) is 16.9 Å². The highest BCUT2D eigenvalue weighted by Gasteiger charge is 2.17. The summed E-state index contributed by atoms with van der Waals surface area (Å²) in [6.07, 6.45) is 1.89. The van der Waals surface area contributed by atoms with Crippen molar-refractivity contribution in [1.82, 2.24) is 19.4 Å². The van der Waals surface area contributed by atoms with Crippen LogP contribution in [0.3, 0.4) is 0 Å². The molecule has 0 bridgehead atoms. The first-order valence-electron chi connectivity index (χ1n) is 9.48. The molecule has 0 unspecified atom stereocenters. The largest absolute Gasteiger partial charge is 0.444 e. The minimum Gasteiger partial charge on any atom is -0.444 e. The lowest BCUT2D eigenvalue weighted by molar-refractivity contribution is 0.0528. The molecule has 3 aromatic rings. The fraction of sp³-hybridized carbons (Fsp3) is 0.318. The zero-order valence-electron chi connectivity index (χ0n) is 17.2. The molecule has 152 valence electrons. The van der Waals surface area contributed by atoms with Gasteiger partial charge in [-0.05, 0) is 63.9 Å². The van der Waals surface area contributed by atoms with E-state index in [1.165, 1.54) is 0 Å². The maximum absolute atomic E-state index is 12.9. The Morgan fingerprint density at radius 1 is 1.21 bits per heavy atom. The second-order valence-electron chi connectivity index (χ2n) is 7.88. The van der Waals surface area contributed by atoms with Gasteiger partial charge in [0, 0.05) is 18.4 Å². The molecule has 7 nitrogen and oxygen atoms in total. The molecule has 1 aromatic carbocycles. The Morgan fingerprint density at radius 3 is 2.52 bits per heavy atom. The summed E-state index contributed by atoms with van der Waals surface area (Å²) in [5.74, 6) is 0. The van der Waals surface area contributed by atoms with Crippen molar-refractivity contribution in [2.75, 3.05) is 6.54 Å². The molecule has 3 rings (SSSR count). The molecule has 7 heteroatoms. The Labute approximate surface area is 169 Å². The standard InChI is InChI=1S/C22H26N4O3/c1-15(2)25-18-7-6-13-23-19(18)26(21(25)28)17-10-8-16(9-11-17)12-14-24-20(27)29-22(3,4)5/h6-11,13H,1,12,14H2,2-5H3,(H,24,27). The molecule has 0 radical (unpaired) electrons. The molecule has 2 heterocycles. The van der Waals surface area contributed by atoms with Crippen LogP contribution in [-0.4, -0.2) is 32.4 Å². The molecule has 2 aromatic heterocycles. The summed E-state index contributed by atoms with van der Waals surface area (Å²) < 4.78 is 8.36. The number of pyridine rings is 1. The lowest BCUT2D eigenvalue weighted by Gasteiger charge is -2.19. The average Bonchev–Trinajstić information content (AvgIpc) is 2.93. The van der Waals surface area contributed by atoms with Crippen LogP contribution in [0.1, 0.15) is 33.3 Å². The summed E-state index contributed by atoms with van der Waals surface area (Å²) >= 11 is 0. The fourth-order valence-electron chi connectivity index (χ4n) is 3.07. The summed E-state index contributed by atoms with van der Waals surface area (Å²) in [4.78, 5) is 29.0. The van der Waals surface area contributed by atoms with Gasteiger partial charge in [-0.1, -0.05) is 18.7 Å². The second-order valence-corrected chi connectivity index (χ2v) is 7.88. The van der Waals surface area contributed by atoms with Crippen molar-refractivity contribution >= 4 is 23.0 Å². The van der Waals surface area contributed by atoms with Gasteiger partial charge >= 0.3 is 11.8 Å². The second kappa shape index (κ2) is 7.95. The molecule has 1 amide bonds. The fourth-order valence-corrected chi connectivity index (χ4v) is 3.07. The van der Waals surface area contributed by atoms with E-state index in [9.17, 15) is 9.59 Å². The Hall–Kier alpha value is -3.35. The molecule has 0 aliphatic carbocycles. The highest BCUT2D eigenvalue weighted by atomic mass is 16.6. The topological polar surface area (TPSA) is 78.2 Å². The van der Waals surface area contributed by atoms with Crippen molar-refractivity contribution in [3.63, 3.8) is 0 Å². The molecule has 0 spiro atoms. The van der Waals surface area contributed by atoms with Gasteiger partial charge in [0.15, 0.2) is 5.65 Å². The number of ether oxygens (including phenoxy) is 1. The third-order valence-corrected chi connectivity index (χ3v) is 4.26. The van der Waals surface area contributed by atoms with Crippen LogP contribution in [0.25, 0.3) is 22.5 Å². The maximum atomic E-state index is 12.9. The van der Waals surface area contributed by atoms with Gasteiger partial charge in [-0.3, -0.25) is 4.57 Å². The zero-order valence-corrected chi connectivity index (χ0v) is 17.2. The molecule has 0 saturated carbocycles. The number of aromatic nitrogens is 3. The first-order valence-corrected chi connectivity index (χ1v) is 9.48. The summed E-state index contributed by atoms with van der Waals surface area (Å²) in [6, 6.07) is 11.3. The summed E-state index contributed by atoms with van der Waals surface area (Å²) in [7, 11) is 0. The monoisotopic (exact) mass is 394 g/mol. The maximum Gasteiger partial charge on any atom is 0.407 e. The SMILES string of the molecule is C=C(C)n1c(=O)n(-c2ccc(CCNC(=O)OC(C)(C)C)cc2)c2ncccc21. The van der Waals surface area contributed by atoms with Crippen LogP contribution in [0.4, 0.5) is 4.79 Å². The van der Waals surface area contributed by atoms with E-state index in [1.54, 1.807) is 28.3 Å². The number of allylic oxidation sites excluding steroid dienone is 1. The van der Waals surface area contributed by atoms with Crippen molar-refractivity contribution in [2.24, 2.45) is 0 Å². The van der Waals surface area contributed by atoms with E-state index >= 15 is 0 Å². The molecule has 0 fully saturated rings. The number of nitrogens with one attached hydrogen (secondary N) is 1. The lowest BCUT2D eigenvalue weighted by Crippen LogP contribution is -2.33. The van der Waals surface area contributed by atoms with E-state index in [0.717, 1.165) is 16.8 Å². The van der Waals surface area contributed by atoms with Crippen LogP contribution in [0.15, 0.2) is 54.0 Å². The molecule has 0 atom stereocenters. The number of nitrogens with zero attached hydrogens (tertiary/aromatic N) is 3. The number of fused-ring (bicyclic) bond motifs is 1. The van der Waals surface area contributed by atoms with E-state index in [0.29, 0.717) is 24.3 Å². The first kappa shape index (κ1) is 20.4. The highest BCUT2D eigenvalue weighted by molar-refractivity contribution is 5.77. The molecule has 0 aliphatic rings. The molecule has 0 saturated heterocycles. The van der Waals surface area contributed by atoms with Crippen molar-refractivity contribution in [1.29, 1.82) is 0 Å².